The standard InChI is InChI=1S/C18H22FN3O2/c1-5-14-10-16(24)22(11-15(23)21-18(2,3)4)17(20-14)12-6-8-13(19)9-7-12/h6-10H,5,11H2,1-4H3,(H,21,23). The van der Waals surface area contributed by atoms with Gasteiger partial charge < -0.3 is 5.32 Å². The van der Waals surface area contributed by atoms with E-state index in [2.05, 4.69) is 10.3 Å². The van der Waals surface area contributed by atoms with Crippen LogP contribution in [0.1, 0.15) is 33.4 Å². The van der Waals surface area contributed by atoms with Crippen molar-refractivity contribution < 1.29 is 9.18 Å². The molecule has 1 aromatic carbocycles. The van der Waals surface area contributed by atoms with Crippen LogP contribution in [0.4, 0.5) is 4.39 Å². The molecule has 0 unspecified atom stereocenters. The molecule has 6 heteroatoms. The van der Waals surface area contributed by atoms with Gasteiger partial charge in [0, 0.05) is 22.9 Å². The van der Waals surface area contributed by atoms with Gasteiger partial charge >= 0.3 is 0 Å². The number of nitrogens with zero attached hydrogens (tertiary/aromatic N) is 2. The lowest BCUT2D eigenvalue weighted by molar-refractivity contribution is -0.123. The zero-order valence-corrected chi connectivity index (χ0v) is 14.4. The summed E-state index contributed by atoms with van der Waals surface area (Å²) in [6.45, 7) is 7.36. The van der Waals surface area contributed by atoms with Crippen LogP contribution in [0.25, 0.3) is 11.4 Å². The molecular weight excluding hydrogens is 309 g/mol. The van der Waals surface area contributed by atoms with E-state index in [4.69, 9.17) is 0 Å². The first-order valence-corrected chi connectivity index (χ1v) is 7.87. The highest BCUT2D eigenvalue weighted by molar-refractivity contribution is 5.77. The highest BCUT2D eigenvalue weighted by Crippen LogP contribution is 2.17. The molecule has 0 bridgehead atoms. The zero-order chi connectivity index (χ0) is 17.9. The summed E-state index contributed by atoms with van der Waals surface area (Å²) < 4.78 is 14.5. The van der Waals surface area contributed by atoms with Gasteiger partial charge in [-0.05, 0) is 51.5 Å². The Morgan fingerprint density at radius 2 is 1.88 bits per heavy atom. The third-order valence-corrected chi connectivity index (χ3v) is 3.34. The molecule has 0 radical (unpaired) electrons. The van der Waals surface area contributed by atoms with E-state index in [1.165, 1.54) is 22.8 Å². The predicted molar refractivity (Wildman–Crippen MR) is 91.2 cm³/mol. The Balaban J connectivity index is 2.48. The smallest absolute Gasteiger partial charge is 0.254 e. The van der Waals surface area contributed by atoms with E-state index in [1.807, 2.05) is 27.7 Å². The van der Waals surface area contributed by atoms with E-state index in [0.29, 0.717) is 23.5 Å². The second-order valence-corrected chi connectivity index (χ2v) is 6.65. The number of carbonyl (C=O) groups excluding carboxylic acids is 1. The molecule has 2 rings (SSSR count). The van der Waals surface area contributed by atoms with Crippen LogP contribution in [0.3, 0.4) is 0 Å². The van der Waals surface area contributed by atoms with Crippen LogP contribution >= 0.6 is 0 Å². The average molecular weight is 331 g/mol. The minimum absolute atomic E-state index is 0.139. The third-order valence-electron chi connectivity index (χ3n) is 3.34. The molecular formula is C18H22FN3O2. The molecule has 0 saturated heterocycles. The van der Waals surface area contributed by atoms with Crippen molar-refractivity contribution in [2.45, 2.75) is 46.2 Å². The Hall–Kier alpha value is -2.50. The maximum Gasteiger partial charge on any atom is 0.254 e. The number of amides is 1. The normalized spacial score (nSPS) is 11.4. The van der Waals surface area contributed by atoms with Crippen LogP contribution in [0.15, 0.2) is 35.1 Å². The molecule has 5 nitrogen and oxygen atoms in total. The van der Waals surface area contributed by atoms with Crippen LogP contribution < -0.4 is 10.9 Å². The number of carbonyl (C=O) groups is 1. The topological polar surface area (TPSA) is 64.0 Å². The number of hydrogen-bond donors (Lipinski definition) is 1. The fourth-order valence-corrected chi connectivity index (χ4v) is 2.31. The molecule has 1 heterocycles. The molecule has 0 atom stereocenters. The van der Waals surface area contributed by atoms with Gasteiger partial charge in [-0.3, -0.25) is 14.2 Å². The van der Waals surface area contributed by atoms with E-state index in [1.54, 1.807) is 12.1 Å². The lowest BCUT2D eigenvalue weighted by atomic mass is 10.1. The van der Waals surface area contributed by atoms with E-state index in [0.717, 1.165) is 0 Å². The Morgan fingerprint density at radius 3 is 2.42 bits per heavy atom. The van der Waals surface area contributed by atoms with Crippen molar-refractivity contribution in [2.24, 2.45) is 0 Å². The summed E-state index contributed by atoms with van der Waals surface area (Å²) in [6.07, 6.45) is 0.596. The zero-order valence-electron chi connectivity index (χ0n) is 14.4. The molecule has 0 fully saturated rings. The summed E-state index contributed by atoms with van der Waals surface area (Å²) in [7, 11) is 0. The van der Waals surface area contributed by atoms with Gasteiger partial charge in [-0.2, -0.15) is 0 Å². The van der Waals surface area contributed by atoms with Gasteiger partial charge in [0.2, 0.25) is 5.91 Å². The fourth-order valence-electron chi connectivity index (χ4n) is 2.31. The van der Waals surface area contributed by atoms with Crippen molar-refractivity contribution in [3.05, 3.63) is 52.2 Å². The molecule has 1 amide bonds. The Kier molecular flexibility index (Phi) is 5.17. The van der Waals surface area contributed by atoms with Crippen molar-refractivity contribution in [3.8, 4) is 11.4 Å². The van der Waals surface area contributed by atoms with Crippen LogP contribution in [-0.4, -0.2) is 21.0 Å². The first-order chi connectivity index (χ1) is 11.2. The Labute approximate surface area is 140 Å². The number of benzene rings is 1. The maximum absolute atomic E-state index is 13.2. The molecule has 24 heavy (non-hydrogen) atoms. The minimum atomic E-state index is -0.395. The van der Waals surface area contributed by atoms with Crippen molar-refractivity contribution >= 4 is 5.91 Å². The van der Waals surface area contributed by atoms with E-state index in [-0.39, 0.29) is 23.8 Å². The largest absolute Gasteiger partial charge is 0.350 e. The van der Waals surface area contributed by atoms with Gasteiger partial charge in [-0.1, -0.05) is 6.92 Å². The van der Waals surface area contributed by atoms with Crippen LogP contribution in [0.5, 0.6) is 0 Å². The van der Waals surface area contributed by atoms with Gasteiger partial charge in [0.05, 0.1) is 0 Å². The number of halogens is 1. The van der Waals surface area contributed by atoms with E-state index in [9.17, 15) is 14.0 Å². The number of hydrogen-bond acceptors (Lipinski definition) is 3. The van der Waals surface area contributed by atoms with Gasteiger partial charge in [0.1, 0.15) is 18.2 Å². The third kappa shape index (κ3) is 4.50. The fraction of sp³-hybridized carbons (Fsp3) is 0.389. The average Bonchev–Trinajstić information content (AvgIpc) is 2.48. The molecule has 1 N–H and O–H groups in total. The van der Waals surface area contributed by atoms with Crippen LogP contribution in [0.2, 0.25) is 0 Å². The van der Waals surface area contributed by atoms with Crippen molar-refractivity contribution in [2.75, 3.05) is 0 Å². The number of aromatic nitrogens is 2. The quantitative estimate of drug-likeness (QED) is 0.936. The molecule has 0 aliphatic carbocycles. The first kappa shape index (κ1) is 17.8. The maximum atomic E-state index is 13.2. The lowest BCUT2D eigenvalue weighted by Gasteiger charge is -2.21. The lowest BCUT2D eigenvalue weighted by Crippen LogP contribution is -2.43. The molecule has 1 aromatic heterocycles. The summed E-state index contributed by atoms with van der Waals surface area (Å²) in [5, 5.41) is 2.82. The molecule has 0 saturated carbocycles. The summed E-state index contributed by atoms with van der Waals surface area (Å²) >= 11 is 0. The van der Waals surface area contributed by atoms with E-state index < -0.39 is 5.54 Å². The SMILES string of the molecule is CCc1cc(=O)n(CC(=O)NC(C)(C)C)c(-c2ccc(F)cc2)n1. The number of rotatable bonds is 4. The van der Waals surface area contributed by atoms with Gasteiger partial charge in [0.25, 0.3) is 5.56 Å². The van der Waals surface area contributed by atoms with E-state index >= 15 is 0 Å². The molecule has 0 aliphatic rings. The molecule has 2 aromatic rings. The van der Waals surface area contributed by atoms with Gasteiger partial charge in [-0.25, -0.2) is 9.37 Å². The summed E-state index contributed by atoms with van der Waals surface area (Å²) in [5.41, 5.74) is 0.525. The molecule has 0 aliphatic heterocycles. The Bertz CT molecular complexity index is 789. The van der Waals surface area contributed by atoms with Crippen molar-refractivity contribution in [3.63, 3.8) is 0 Å². The van der Waals surface area contributed by atoms with Crippen molar-refractivity contribution in [1.29, 1.82) is 0 Å². The number of nitrogens with one attached hydrogen (secondary N) is 1. The van der Waals surface area contributed by atoms with Gasteiger partial charge in [-0.15, -0.1) is 0 Å². The highest BCUT2D eigenvalue weighted by Gasteiger charge is 2.17. The van der Waals surface area contributed by atoms with Crippen LogP contribution in [0, 0.1) is 5.82 Å². The first-order valence-electron chi connectivity index (χ1n) is 7.87. The summed E-state index contributed by atoms with van der Waals surface area (Å²) in [5.74, 6) is -0.285. The highest BCUT2D eigenvalue weighted by atomic mass is 19.1. The summed E-state index contributed by atoms with van der Waals surface area (Å²) in [4.78, 5) is 29.1. The monoisotopic (exact) mass is 331 g/mol. The Morgan fingerprint density at radius 1 is 1.25 bits per heavy atom. The van der Waals surface area contributed by atoms with Gasteiger partial charge in [0.15, 0.2) is 0 Å². The predicted octanol–water partition coefficient (Wildman–Crippen LogP) is 2.53. The molecule has 0 spiro atoms. The second-order valence-electron chi connectivity index (χ2n) is 6.65. The van der Waals surface area contributed by atoms with Crippen LogP contribution in [-0.2, 0) is 17.8 Å². The minimum Gasteiger partial charge on any atom is -0.350 e. The molecule has 128 valence electrons. The summed E-state index contributed by atoms with van der Waals surface area (Å²) in [6, 6.07) is 7.14. The van der Waals surface area contributed by atoms with Crippen molar-refractivity contribution in [1.82, 2.24) is 14.9 Å². The second kappa shape index (κ2) is 6.95. The number of aryl methyl sites for hydroxylation is 1.